The van der Waals surface area contributed by atoms with Gasteiger partial charge in [-0.25, -0.2) is 0 Å². The van der Waals surface area contributed by atoms with E-state index < -0.39 is 23.3 Å². The van der Waals surface area contributed by atoms with Gasteiger partial charge in [-0.05, 0) is 32.1 Å². The molecule has 1 fully saturated rings. The summed E-state index contributed by atoms with van der Waals surface area (Å²) < 4.78 is 0. The van der Waals surface area contributed by atoms with Crippen molar-refractivity contribution in [2.24, 2.45) is 17.3 Å². The van der Waals surface area contributed by atoms with Gasteiger partial charge in [0.05, 0.1) is 11.3 Å². The Kier molecular flexibility index (Phi) is 2.83. The number of carbonyl (C=O) groups is 2. The normalized spacial score (nSPS) is 37.9. The SMILES string of the molecule is CC1CC[C@](C)(C(=O)O)[C@@H](C(=O)O)C1. The lowest BCUT2D eigenvalue weighted by Gasteiger charge is -2.37. The molecule has 1 aliphatic carbocycles. The van der Waals surface area contributed by atoms with Crippen LogP contribution in [0.5, 0.6) is 0 Å². The van der Waals surface area contributed by atoms with Gasteiger partial charge in [0.1, 0.15) is 0 Å². The van der Waals surface area contributed by atoms with Crippen LogP contribution in [0.2, 0.25) is 0 Å². The number of hydrogen-bond acceptors (Lipinski definition) is 2. The lowest BCUT2D eigenvalue weighted by molar-refractivity contribution is -0.165. The Balaban J connectivity index is 2.93. The average Bonchev–Trinajstić information content (AvgIpc) is 2.08. The van der Waals surface area contributed by atoms with E-state index >= 15 is 0 Å². The van der Waals surface area contributed by atoms with Crippen molar-refractivity contribution < 1.29 is 19.8 Å². The molecule has 0 radical (unpaired) electrons. The molecule has 2 N–H and O–H groups in total. The van der Waals surface area contributed by atoms with Crippen molar-refractivity contribution in [3.63, 3.8) is 0 Å². The summed E-state index contributed by atoms with van der Waals surface area (Å²) in [5, 5.41) is 18.0. The predicted octanol–water partition coefficient (Wildman–Crippen LogP) is 1.60. The molecule has 0 amide bonds. The van der Waals surface area contributed by atoms with E-state index in [4.69, 9.17) is 10.2 Å². The second-order valence-electron chi connectivity index (χ2n) is 4.49. The summed E-state index contributed by atoms with van der Waals surface area (Å²) in [5.74, 6) is -2.41. The van der Waals surface area contributed by atoms with Gasteiger partial charge in [0, 0.05) is 0 Å². The molecule has 0 heterocycles. The van der Waals surface area contributed by atoms with Crippen LogP contribution in [0.15, 0.2) is 0 Å². The Hall–Kier alpha value is -1.06. The van der Waals surface area contributed by atoms with E-state index in [0.717, 1.165) is 6.42 Å². The number of carboxylic acid groups (broad SMARTS) is 2. The highest BCUT2D eigenvalue weighted by Crippen LogP contribution is 2.43. The molecular weight excluding hydrogens is 184 g/mol. The van der Waals surface area contributed by atoms with E-state index in [1.807, 2.05) is 6.92 Å². The third-order valence-electron chi connectivity index (χ3n) is 3.35. The third kappa shape index (κ3) is 1.74. The fraction of sp³-hybridized carbons (Fsp3) is 0.800. The van der Waals surface area contributed by atoms with Gasteiger partial charge >= 0.3 is 11.9 Å². The second kappa shape index (κ2) is 3.59. The Bertz CT molecular complexity index is 261. The summed E-state index contributed by atoms with van der Waals surface area (Å²) in [6, 6.07) is 0. The molecule has 80 valence electrons. The molecule has 1 unspecified atom stereocenters. The van der Waals surface area contributed by atoms with Crippen molar-refractivity contribution in [2.75, 3.05) is 0 Å². The topological polar surface area (TPSA) is 74.6 Å². The van der Waals surface area contributed by atoms with Crippen LogP contribution in [-0.2, 0) is 9.59 Å². The van der Waals surface area contributed by atoms with Crippen molar-refractivity contribution in [3.05, 3.63) is 0 Å². The van der Waals surface area contributed by atoms with Crippen LogP contribution in [0.25, 0.3) is 0 Å². The molecule has 3 atom stereocenters. The summed E-state index contributed by atoms with van der Waals surface area (Å²) in [4.78, 5) is 22.0. The molecule has 0 aromatic heterocycles. The van der Waals surface area contributed by atoms with E-state index in [9.17, 15) is 9.59 Å². The van der Waals surface area contributed by atoms with Crippen LogP contribution in [-0.4, -0.2) is 22.2 Å². The summed E-state index contributed by atoms with van der Waals surface area (Å²) in [6.07, 6.45) is 1.73. The van der Waals surface area contributed by atoms with Crippen molar-refractivity contribution in [3.8, 4) is 0 Å². The van der Waals surface area contributed by atoms with Gasteiger partial charge in [-0.15, -0.1) is 0 Å². The van der Waals surface area contributed by atoms with Gasteiger partial charge in [-0.1, -0.05) is 6.92 Å². The van der Waals surface area contributed by atoms with E-state index in [1.54, 1.807) is 6.92 Å². The highest BCUT2D eigenvalue weighted by molar-refractivity contribution is 5.83. The van der Waals surface area contributed by atoms with Gasteiger partial charge < -0.3 is 10.2 Å². The highest BCUT2D eigenvalue weighted by atomic mass is 16.4. The summed E-state index contributed by atoms with van der Waals surface area (Å²) in [5.41, 5.74) is -1.08. The number of rotatable bonds is 2. The van der Waals surface area contributed by atoms with Crippen molar-refractivity contribution in [1.82, 2.24) is 0 Å². The Labute approximate surface area is 82.9 Å². The first-order chi connectivity index (χ1) is 6.38. The molecule has 4 heteroatoms. The minimum absolute atomic E-state index is 0.309. The predicted molar refractivity (Wildman–Crippen MR) is 49.9 cm³/mol. The molecule has 0 aliphatic heterocycles. The standard InChI is InChI=1S/C10H16O4/c1-6-3-4-10(2,9(13)14)7(5-6)8(11)12/h6-7H,3-5H2,1-2H3,(H,11,12)(H,13,14)/t6?,7-,10+/m1/s1. The van der Waals surface area contributed by atoms with Crippen molar-refractivity contribution >= 4 is 11.9 Å². The summed E-state index contributed by atoms with van der Waals surface area (Å²) >= 11 is 0. The lowest BCUT2D eigenvalue weighted by atomic mass is 9.64. The van der Waals surface area contributed by atoms with Gasteiger partial charge in [-0.2, -0.15) is 0 Å². The van der Waals surface area contributed by atoms with Gasteiger partial charge in [0.25, 0.3) is 0 Å². The minimum Gasteiger partial charge on any atom is -0.481 e. The zero-order chi connectivity index (χ0) is 10.9. The molecule has 14 heavy (non-hydrogen) atoms. The zero-order valence-corrected chi connectivity index (χ0v) is 8.49. The Morgan fingerprint density at radius 1 is 1.36 bits per heavy atom. The van der Waals surface area contributed by atoms with Crippen LogP contribution in [0.1, 0.15) is 33.1 Å². The molecule has 1 aliphatic rings. The molecule has 0 aromatic carbocycles. The first-order valence-electron chi connectivity index (χ1n) is 4.84. The number of aliphatic carboxylic acids is 2. The van der Waals surface area contributed by atoms with Crippen LogP contribution < -0.4 is 0 Å². The van der Waals surface area contributed by atoms with Gasteiger partial charge in [0.2, 0.25) is 0 Å². The second-order valence-corrected chi connectivity index (χ2v) is 4.49. The quantitative estimate of drug-likeness (QED) is 0.710. The molecule has 1 saturated carbocycles. The molecule has 0 aromatic rings. The smallest absolute Gasteiger partial charge is 0.310 e. The van der Waals surface area contributed by atoms with E-state index in [0.29, 0.717) is 18.8 Å². The maximum Gasteiger partial charge on any atom is 0.310 e. The zero-order valence-electron chi connectivity index (χ0n) is 8.49. The molecule has 0 saturated heterocycles. The maximum absolute atomic E-state index is 11.0. The van der Waals surface area contributed by atoms with Crippen LogP contribution in [0.3, 0.4) is 0 Å². The number of hydrogen-bond donors (Lipinski definition) is 2. The van der Waals surface area contributed by atoms with E-state index in [-0.39, 0.29) is 0 Å². The van der Waals surface area contributed by atoms with E-state index in [2.05, 4.69) is 0 Å². The molecular formula is C10H16O4. The van der Waals surface area contributed by atoms with Crippen LogP contribution >= 0.6 is 0 Å². The van der Waals surface area contributed by atoms with E-state index in [1.165, 1.54) is 0 Å². The first kappa shape index (κ1) is 11.0. The van der Waals surface area contributed by atoms with Crippen molar-refractivity contribution in [1.29, 1.82) is 0 Å². The largest absolute Gasteiger partial charge is 0.481 e. The first-order valence-corrected chi connectivity index (χ1v) is 4.84. The summed E-state index contributed by atoms with van der Waals surface area (Å²) in [7, 11) is 0. The Morgan fingerprint density at radius 2 is 1.93 bits per heavy atom. The van der Waals surface area contributed by atoms with Crippen molar-refractivity contribution in [2.45, 2.75) is 33.1 Å². The van der Waals surface area contributed by atoms with Crippen LogP contribution in [0.4, 0.5) is 0 Å². The minimum atomic E-state index is -1.08. The Morgan fingerprint density at radius 3 is 2.36 bits per heavy atom. The fourth-order valence-electron chi connectivity index (χ4n) is 2.13. The average molecular weight is 200 g/mol. The summed E-state index contributed by atoms with van der Waals surface area (Å²) in [6.45, 7) is 3.51. The third-order valence-corrected chi connectivity index (χ3v) is 3.35. The van der Waals surface area contributed by atoms with Crippen LogP contribution in [0, 0.1) is 17.3 Å². The highest BCUT2D eigenvalue weighted by Gasteiger charge is 2.48. The molecule has 0 bridgehead atoms. The monoisotopic (exact) mass is 200 g/mol. The number of carboxylic acids is 2. The molecule has 1 rings (SSSR count). The molecule has 4 nitrogen and oxygen atoms in total. The fourth-order valence-corrected chi connectivity index (χ4v) is 2.13. The van der Waals surface area contributed by atoms with Gasteiger partial charge in [0.15, 0.2) is 0 Å². The lowest BCUT2D eigenvalue weighted by Crippen LogP contribution is -2.44. The van der Waals surface area contributed by atoms with Gasteiger partial charge in [-0.3, -0.25) is 9.59 Å². The molecule has 0 spiro atoms. The maximum atomic E-state index is 11.0.